The van der Waals surface area contributed by atoms with Gasteiger partial charge in [0.15, 0.2) is 0 Å². The third-order valence-corrected chi connectivity index (χ3v) is 3.26. The van der Waals surface area contributed by atoms with Gasteiger partial charge in [-0.05, 0) is 58.9 Å². The van der Waals surface area contributed by atoms with E-state index < -0.39 is 0 Å². The molecule has 2 aromatic carbocycles. The van der Waals surface area contributed by atoms with Crippen LogP contribution in [0.25, 0.3) is 0 Å². The molecule has 0 aliphatic heterocycles. The lowest BCUT2D eigenvalue weighted by molar-refractivity contribution is 0.482. The van der Waals surface area contributed by atoms with Gasteiger partial charge in [-0.3, -0.25) is 0 Å². The second-order valence-corrected chi connectivity index (χ2v) is 4.88. The molecule has 19 heavy (non-hydrogen) atoms. The van der Waals surface area contributed by atoms with Crippen LogP contribution < -0.4 is 10.1 Å². The second-order valence-electron chi connectivity index (χ2n) is 4.03. The van der Waals surface area contributed by atoms with Gasteiger partial charge < -0.3 is 10.1 Å². The number of hydrogen-bond donors (Lipinski definition) is 1. The normalized spacial score (nSPS) is 9.95. The van der Waals surface area contributed by atoms with Crippen molar-refractivity contribution in [2.75, 3.05) is 7.05 Å². The van der Waals surface area contributed by atoms with Gasteiger partial charge in [-0.25, -0.2) is 0 Å². The Bertz CT molecular complexity index is 603. The summed E-state index contributed by atoms with van der Waals surface area (Å²) in [6.07, 6.45) is 0. The molecule has 2 aromatic rings. The van der Waals surface area contributed by atoms with Crippen molar-refractivity contribution in [3.8, 4) is 17.6 Å². The Labute approximate surface area is 121 Å². The maximum atomic E-state index is 8.85. The van der Waals surface area contributed by atoms with Crippen LogP contribution in [0, 0.1) is 11.3 Å². The maximum Gasteiger partial charge on any atom is 0.128 e. The van der Waals surface area contributed by atoms with Crippen molar-refractivity contribution < 1.29 is 4.74 Å². The minimum absolute atomic E-state index is 0.594. The standard InChI is InChI=1S/C15H13BrN2O/c1-18-10-11-2-5-13(6-3-11)19-14-7-4-12(9-17)15(16)8-14/h2-8,18H,10H2,1H3. The molecule has 0 unspecified atom stereocenters. The van der Waals surface area contributed by atoms with Gasteiger partial charge in [-0.15, -0.1) is 0 Å². The summed E-state index contributed by atoms with van der Waals surface area (Å²) in [4.78, 5) is 0. The Morgan fingerprint density at radius 1 is 1.16 bits per heavy atom. The highest BCUT2D eigenvalue weighted by atomic mass is 79.9. The lowest BCUT2D eigenvalue weighted by atomic mass is 10.2. The van der Waals surface area contributed by atoms with E-state index in [-0.39, 0.29) is 0 Å². The Balaban J connectivity index is 2.13. The molecule has 0 atom stereocenters. The predicted molar refractivity (Wildman–Crippen MR) is 78.1 cm³/mol. The summed E-state index contributed by atoms with van der Waals surface area (Å²) in [7, 11) is 1.92. The number of nitriles is 1. The van der Waals surface area contributed by atoms with Crippen LogP contribution in [0.4, 0.5) is 0 Å². The molecular weight excluding hydrogens is 304 g/mol. The first-order valence-corrected chi connectivity index (χ1v) is 6.63. The number of halogens is 1. The largest absolute Gasteiger partial charge is 0.457 e. The molecule has 0 heterocycles. The Morgan fingerprint density at radius 2 is 1.84 bits per heavy atom. The molecule has 0 spiro atoms. The third kappa shape index (κ3) is 3.57. The van der Waals surface area contributed by atoms with E-state index in [0.29, 0.717) is 11.3 Å². The van der Waals surface area contributed by atoms with E-state index in [1.165, 1.54) is 5.56 Å². The van der Waals surface area contributed by atoms with Crippen LogP contribution in [0.5, 0.6) is 11.5 Å². The lowest BCUT2D eigenvalue weighted by Gasteiger charge is -2.07. The molecule has 0 fully saturated rings. The number of nitrogens with one attached hydrogen (secondary N) is 1. The van der Waals surface area contributed by atoms with E-state index in [2.05, 4.69) is 27.3 Å². The molecule has 0 aliphatic carbocycles. The lowest BCUT2D eigenvalue weighted by Crippen LogP contribution is -2.04. The molecule has 0 bridgehead atoms. The van der Waals surface area contributed by atoms with Crippen LogP contribution in [0.3, 0.4) is 0 Å². The summed E-state index contributed by atoms with van der Waals surface area (Å²) in [5, 5.41) is 11.9. The molecule has 0 radical (unpaired) electrons. The van der Waals surface area contributed by atoms with Gasteiger partial charge in [0.05, 0.1) is 5.56 Å². The number of rotatable bonds is 4. The van der Waals surface area contributed by atoms with Crippen LogP contribution in [0.1, 0.15) is 11.1 Å². The Kier molecular flexibility index (Phi) is 4.56. The molecule has 0 saturated heterocycles. The highest BCUT2D eigenvalue weighted by molar-refractivity contribution is 9.10. The molecule has 2 rings (SSSR count). The summed E-state index contributed by atoms with van der Waals surface area (Å²) < 4.78 is 6.47. The monoisotopic (exact) mass is 316 g/mol. The average molecular weight is 317 g/mol. The van der Waals surface area contributed by atoms with Crippen molar-refractivity contribution >= 4 is 15.9 Å². The highest BCUT2D eigenvalue weighted by Crippen LogP contribution is 2.26. The summed E-state index contributed by atoms with van der Waals surface area (Å²) in [5.74, 6) is 1.48. The summed E-state index contributed by atoms with van der Waals surface area (Å²) in [6, 6.07) is 15.3. The predicted octanol–water partition coefficient (Wildman–Crippen LogP) is 3.83. The molecule has 4 heteroatoms. The minimum Gasteiger partial charge on any atom is -0.457 e. The summed E-state index contributed by atoms with van der Waals surface area (Å²) in [5.41, 5.74) is 1.80. The van der Waals surface area contributed by atoms with Crippen molar-refractivity contribution in [1.29, 1.82) is 5.26 Å². The fourth-order valence-corrected chi connectivity index (χ4v) is 2.11. The quantitative estimate of drug-likeness (QED) is 0.932. The molecule has 3 nitrogen and oxygen atoms in total. The fraction of sp³-hybridized carbons (Fsp3) is 0.133. The van der Waals surface area contributed by atoms with Crippen molar-refractivity contribution in [2.24, 2.45) is 0 Å². The average Bonchev–Trinajstić information content (AvgIpc) is 2.42. The zero-order valence-electron chi connectivity index (χ0n) is 10.5. The number of nitrogens with zero attached hydrogens (tertiary/aromatic N) is 1. The van der Waals surface area contributed by atoms with E-state index in [0.717, 1.165) is 16.8 Å². The van der Waals surface area contributed by atoms with Gasteiger partial charge in [0.25, 0.3) is 0 Å². The molecule has 1 N–H and O–H groups in total. The van der Waals surface area contributed by atoms with E-state index in [1.54, 1.807) is 18.2 Å². The first kappa shape index (κ1) is 13.6. The van der Waals surface area contributed by atoms with Crippen LogP contribution >= 0.6 is 15.9 Å². The second kappa shape index (κ2) is 6.37. The van der Waals surface area contributed by atoms with Gasteiger partial charge in [0.2, 0.25) is 0 Å². The fourth-order valence-electron chi connectivity index (χ4n) is 1.67. The first-order chi connectivity index (χ1) is 9.22. The van der Waals surface area contributed by atoms with Gasteiger partial charge in [-0.2, -0.15) is 5.26 Å². The van der Waals surface area contributed by atoms with E-state index >= 15 is 0 Å². The first-order valence-electron chi connectivity index (χ1n) is 5.84. The van der Waals surface area contributed by atoms with E-state index in [9.17, 15) is 0 Å². The molecule has 96 valence electrons. The number of hydrogen-bond acceptors (Lipinski definition) is 3. The maximum absolute atomic E-state index is 8.85. The van der Waals surface area contributed by atoms with Gasteiger partial charge in [-0.1, -0.05) is 12.1 Å². The summed E-state index contributed by atoms with van der Waals surface area (Å²) >= 11 is 3.34. The minimum atomic E-state index is 0.594. The smallest absolute Gasteiger partial charge is 0.128 e. The van der Waals surface area contributed by atoms with Crippen LogP contribution in [0.15, 0.2) is 46.9 Å². The Hall–Kier alpha value is -1.83. The van der Waals surface area contributed by atoms with E-state index in [1.807, 2.05) is 31.3 Å². The molecule has 0 amide bonds. The van der Waals surface area contributed by atoms with Crippen molar-refractivity contribution in [1.82, 2.24) is 5.32 Å². The van der Waals surface area contributed by atoms with Gasteiger partial charge in [0.1, 0.15) is 17.6 Å². The van der Waals surface area contributed by atoms with E-state index in [4.69, 9.17) is 10.00 Å². The molecule has 0 saturated carbocycles. The number of benzene rings is 2. The van der Waals surface area contributed by atoms with Crippen LogP contribution in [-0.2, 0) is 6.54 Å². The SMILES string of the molecule is CNCc1ccc(Oc2ccc(C#N)c(Br)c2)cc1. The Morgan fingerprint density at radius 3 is 2.42 bits per heavy atom. The zero-order chi connectivity index (χ0) is 13.7. The third-order valence-electron chi connectivity index (χ3n) is 2.60. The molecule has 0 aromatic heterocycles. The number of ether oxygens (including phenoxy) is 1. The summed E-state index contributed by atoms with van der Waals surface area (Å²) in [6.45, 7) is 0.836. The van der Waals surface area contributed by atoms with Crippen molar-refractivity contribution in [3.05, 3.63) is 58.1 Å². The van der Waals surface area contributed by atoms with Crippen molar-refractivity contribution in [2.45, 2.75) is 6.54 Å². The van der Waals surface area contributed by atoms with Gasteiger partial charge in [0, 0.05) is 11.0 Å². The van der Waals surface area contributed by atoms with Crippen LogP contribution in [0.2, 0.25) is 0 Å². The van der Waals surface area contributed by atoms with Crippen molar-refractivity contribution in [3.63, 3.8) is 0 Å². The zero-order valence-corrected chi connectivity index (χ0v) is 12.1. The highest BCUT2D eigenvalue weighted by Gasteiger charge is 2.02. The molecular formula is C15H13BrN2O. The van der Waals surface area contributed by atoms with Crippen LogP contribution in [-0.4, -0.2) is 7.05 Å². The molecule has 0 aliphatic rings. The van der Waals surface area contributed by atoms with Gasteiger partial charge >= 0.3 is 0 Å². The topological polar surface area (TPSA) is 45.0 Å².